The Hall–Kier alpha value is -2.23. The van der Waals surface area contributed by atoms with Crippen molar-refractivity contribution in [2.24, 2.45) is 0 Å². The first-order valence-electron chi connectivity index (χ1n) is 5.76. The van der Waals surface area contributed by atoms with Crippen molar-refractivity contribution in [3.63, 3.8) is 0 Å². The van der Waals surface area contributed by atoms with E-state index in [0.717, 1.165) is 17.1 Å². The van der Waals surface area contributed by atoms with Crippen molar-refractivity contribution in [2.45, 2.75) is 13.3 Å². The number of carboxylic acids is 1. The van der Waals surface area contributed by atoms with Gasteiger partial charge in [0.15, 0.2) is 0 Å². The number of hydrogen-bond donors (Lipinski definition) is 1. The maximum absolute atomic E-state index is 11.1. The average Bonchev–Trinajstić information content (AvgIpc) is 2.82. The number of carboxylic acid groups (broad SMARTS) is 1. The van der Waals surface area contributed by atoms with Gasteiger partial charge in [0.05, 0.1) is 18.4 Å². The van der Waals surface area contributed by atoms with Gasteiger partial charge in [-0.05, 0) is 24.6 Å². The highest BCUT2D eigenvalue weighted by atomic mass is 16.5. The Balaban J connectivity index is 2.61. The first-order chi connectivity index (χ1) is 8.69. The minimum atomic E-state index is -0.902. The summed E-state index contributed by atoms with van der Waals surface area (Å²) in [4.78, 5) is 11.1. The highest BCUT2D eigenvalue weighted by molar-refractivity contribution is 5.89. The Kier molecular flexibility index (Phi) is 3.37. The highest BCUT2D eigenvalue weighted by Gasteiger charge is 2.16. The van der Waals surface area contributed by atoms with Crippen LogP contribution < -0.4 is 4.74 Å². The number of carbonyl (C=O) groups is 1. The first kappa shape index (κ1) is 12.2. The van der Waals surface area contributed by atoms with Gasteiger partial charge >= 0.3 is 5.97 Å². The van der Waals surface area contributed by atoms with Crippen LogP contribution in [0.3, 0.4) is 0 Å². The van der Waals surface area contributed by atoms with Crippen LogP contribution in [0.15, 0.2) is 36.5 Å². The molecular weight excluding hydrogens is 230 g/mol. The SMILES string of the molecule is CCc1c(C(=O)O)ccn1-c1ccccc1OC. The summed E-state index contributed by atoms with van der Waals surface area (Å²) in [5.41, 5.74) is 1.96. The van der Waals surface area contributed by atoms with E-state index < -0.39 is 5.97 Å². The number of aromatic carboxylic acids is 1. The van der Waals surface area contributed by atoms with Crippen LogP contribution >= 0.6 is 0 Å². The van der Waals surface area contributed by atoms with Crippen LogP contribution in [0.25, 0.3) is 5.69 Å². The third kappa shape index (κ3) is 1.97. The van der Waals surface area contributed by atoms with Crippen LogP contribution in [0.2, 0.25) is 0 Å². The van der Waals surface area contributed by atoms with Crippen LogP contribution in [0.1, 0.15) is 23.0 Å². The van der Waals surface area contributed by atoms with E-state index in [1.165, 1.54) is 0 Å². The lowest BCUT2D eigenvalue weighted by Gasteiger charge is -2.12. The number of nitrogens with zero attached hydrogens (tertiary/aromatic N) is 1. The van der Waals surface area contributed by atoms with Crippen molar-refractivity contribution < 1.29 is 14.6 Å². The topological polar surface area (TPSA) is 51.5 Å². The van der Waals surface area contributed by atoms with Gasteiger partial charge in [0, 0.05) is 11.9 Å². The number of hydrogen-bond acceptors (Lipinski definition) is 2. The van der Waals surface area contributed by atoms with E-state index in [4.69, 9.17) is 9.84 Å². The molecule has 0 aliphatic carbocycles. The number of rotatable bonds is 4. The number of benzene rings is 1. The minimum absolute atomic E-state index is 0.336. The molecule has 0 saturated heterocycles. The van der Waals surface area contributed by atoms with Crippen LogP contribution in [-0.4, -0.2) is 22.8 Å². The second-order valence-electron chi connectivity index (χ2n) is 3.88. The maximum Gasteiger partial charge on any atom is 0.337 e. The summed E-state index contributed by atoms with van der Waals surface area (Å²) in [6, 6.07) is 9.17. The standard InChI is InChI=1S/C14H15NO3/c1-3-11-10(14(16)17)8-9-15(11)12-6-4-5-7-13(12)18-2/h4-9H,3H2,1-2H3,(H,16,17). The number of methoxy groups -OCH3 is 1. The molecule has 1 heterocycles. The molecular formula is C14H15NO3. The lowest BCUT2D eigenvalue weighted by atomic mass is 10.2. The molecule has 1 aromatic heterocycles. The molecule has 4 heteroatoms. The van der Waals surface area contributed by atoms with E-state index in [1.807, 2.05) is 35.8 Å². The third-order valence-electron chi connectivity index (χ3n) is 2.90. The van der Waals surface area contributed by atoms with Gasteiger partial charge in [-0.15, -0.1) is 0 Å². The molecule has 0 atom stereocenters. The summed E-state index contributed by atoms with van der Waals surface area (Å²) < 4.78 is 7.16. The van der Waals surface area contributed by atoms with Crippen molar-refractivity contribution in [1.29, 1.82) is 0 Å². The van der Waals surface area contributed by atoms with E-state index in [1.54, 1.807) is 19.4 Å². The van der Waals surface area contributed by atoms with Crippen molar-refractivity contribution in [2.75, 3.05) is 7.11 Å². The molecule has 0 saturated carbocycles. The van der Waals surface area contributed by atoms with Gasteiger partial charge in [-0.2, -0.15) is 0 Å². The Bertz CT molecular complexity index is 572. The highest BCUT2D eigenvalue weighted by Crippen LogP contribution is 2.26. The predicted molar refractivity (Wildman–Crippen MR) is 68.7 cm³/mol. The van der Waals surface area contributed by atoms with E-state index in [0.29, 0.717) is 12.0 Å². The van der Waals surface area contributed by atoms with Gasteiger partial charge < -0.3 is 14.4 Å². The van der Waals surface area contributed by atoms with Gasteiger partial charge in [0.1, 0.15) is 5.75 Å². The van der Waals surface area contributed by atoms with E-state index in [-0.39, 0.29) is 0 Å². The Labute approximate surface area is 105 Å². The molecule has 0 radical (unpaired) electrons. The molecule has 1 aromatic carbocycles. The smallest absolute Gasteiger partial charge is 0.337 e. The lowest BCUT2D eigenvalue weighted by molar-refractivity contribution is 0.0696. The second-order valence-corrected chi connectivity index (χ2v) is 3.88. The molecule has 4 nitrogen and oxygen atoms in total. The first-order valence-corrected chi connectivity index (χ1v) is 5.76. The van der Waals surface area contributed by atoms with Crippen LogP contribution in [0.4, 0.5) is 0 Å². The van der Waals surface area contributed by atoms with Gasteiger partial charge in [-0.1, -0.05) is 19.1 Å². The molecule has 0 spiro atoms. The fourth-order valence-electron chi connectivity index (χ4n) is 2.08. The molecule has 0 aliphatic rings. The zero-order valence-electron chi connectivity index (χ0n) is 10.4. The van der Waals surface area contributed by atoms with Crippen molar-refractivity contribution in [1.82, 2.24) is 4.57 Å². The van der Waals surface area contributed by atoms with E-state index in [9.17, 15) is 4.79 Å². The molecule has 2 aromatic rings. The Morgan fingerprint density at radius 3 is 2.67 bits per heavy atom. The van der Waals surface area contributed by atoms with Crippen LogP contribution in [0.5, 0.6) is 5.75 Å². The van der Waals surface area contributed by atoms with E-state index in [2.05, 4.69) is 0 Å². The fourth-order valence-corrected chi connectivity index (χ4v) is 2.08. The van der Waals surface area contributed by atoms with Gasteiger partial charge in [0.25, 0.3) is 0 Å². The molecule has 0 aliphatic heterocycles. The second kappa shape index (κ2) is 4.96. The van der Waals surface area contributed by atoms with Crippen molar-refractivity contribution in [3.05, 3.63) is 47.8 Å². The van der Waals surface area contributed by atoms with E-state index >= 15 is 0 Å². The fraction of sp³-hybridized carbons (Fsp3) is 0.214. The Morgan fingerprint density at radius 2 is 2.06 bits per heavy atom. The molecule has 0 fully saturated rings. The third-order valence-corrected chi connectivity index (χ3v) is 2.90. The largest absolute Gasteiger partial charge is 0.495 e. The molecule has 94 valence electrons. The molecule has 1 N–H and O–H groups in total. The average molecular weight is 245 g/mol. The zero-order valence-corrected chi connectivity index (χ0v) is 10.4. The molecule has 0 amide bonds. The lowest BCUT2D eigenvalue weighted by Crippen LogP contribution is -2.05. The van der Waals surface area contributed by atoms with Gasteiger partial charge in [-0.3, -0.25) is 0 Å². The minimum Gasteiger partial charge on any atom is -0.495 e. The summed E-state index contributed by atoms with van der Waals surface area (Å²) in [7, 11) is 1.60. The van der Waals surface area contributed by atoms with Crippen LogP contribution in [0, 0.1) is 0 Å². The van der Waals surface area contributed by atoms with Gasteiger partial charge in [0.2, 0.25) is 0 Å². The Morgan fingerprint density at radius 1 is 1.33 bits per heavy atom. The summed E-state index contributed by atoms with van der Waals surface area (Å²) in [6.45, 7) is 1.94. The quantitative estimate of drug-likeness (QED) is 0.901. The summed E-state index contributed by atoms with van der Waals surface area (Å²) in [6.07, 6.45) is 2.41. The molecule has 18 heavy (non-hydrogen) atoms. The van der Waals surface area contributed by atoms with Crippen LogP contribution in [-0.2, 0) is 6.42 Å². The zero-order chi connectivity index (χ0) is 13.1. The number of ether oxygens (including phenoxy) is 1. The maximum atomic E-state index is 11.1. The number of aromatic nitrogens is 1. The molecule has 2 rings (SSSR count). The van der Waals surface area contributed by atoms with Crippen molar-refractivity contribution in [3.8, 4) is 11.4 Å². The normalized spacial score (nSPS) is 10.3. The summed E-state index contributed by atoms with van der Waals surface area (Å²) >= 11 is 0. The summed E-state index contributed by atoms with van der Waals surface area (Å²) in [5.74, 6) is -0.180. The summed E-state index contributed by atoms with van der Waals surface area (Å²) in [5, 5.41) is 9.14. The monoisotopic (exact) mass is 245 g/mol. The predicted octanol–water partition coefficient (Wildman–Crippen LogP) is 2.75. The van der Waals surface area contributed by atoms with Crippen molar-refractivity contribution >= 4 is 5.97 Å². The van der Waals surface area contributed by atoms with Gasteiger partial charge in [-0.25, -0.2) is 4.79 Å². The number of para-hydroxylation sites is 2. The molecule has 0 unspecified atom stereocenters. The molecule has 0 bridgehead atoms.